The fraction of sp³-hybridized carbons (Fsp3) is 0.474. The van der Waals surface area contributed by atoms with E-state index in [0.717, 1.165) is 35.2 Å². The minimum Gasteiger partial charge on any atom is -0.497 e. The molecule has 6 nitrogen and oxygen atoms in total. The lowest BCUT2D eigenvalue weighted by Crippen LogP contribution is -2.40. The lowest BCUT2D eigenvalue weighted by Gasteiger charge is -2.30. The Hall–Kier alpha value is -2.18. The number of rotatable bonds is 6. The second-order valence-corrected chi connectivity index (χ2v) is 6.57. The number of ether oxygens (including phenoxy) is 1. The number of hydrogen-bond donors (Lipinski definition) is 3. The Kier molecular flexibility index (Phi) is 5.50. The fourth-order valence-corrected chi connectivity index (χ4v) is 3.64. The standard InChI is InChI=1S/C19H24N2O4/c1-25-13-3-4-17-15(10-13)14(7-9-21-17)18(22)5-2-12-6-8-20-11-16(12)19(23)24/h3-4,7,9-10,12,16,18,20,22H,2,5-6,8,11H2,1H3,(H,23,24)/t12-,16+,18+/m1/s1. The molecule has 0 radical (unpaired) electrons. The highest BCUT2D eigenvalue weighted by molar-refractivity contribution is 5.83. The Morgan fingerprint density at radius 2 is 2.28 bits per heavy atom. The third-order valence-electron chi connectivity index (χ3n) is 5.09. The number of aliphatic carboxylic acids is 1. The van der Waals surface area contributed by atoms with Gasteiger partial charge in [-0.3, -0.25) is 9.78 Å². The predicted molar refractivity (Wildman–Crippen MR) is 94.6 cm³/mol. The van der Waals surface area contributed by atoms with Gasteiger partial charge in [0.15, 0.2) is 0 Å². The zero-order valence-corrected chi connectivity index (χ0v) is 14.3. The van der Waals surface area contributed by atoms with E-state index in [0.29, 0.717) is 19.4 Å². The Balaban J connectivity index is 1.75. The number of hydrogen-bond acceptors (Lipinski definition) is 5. The van der Waals surface area contributed by atoms with E-state index >= 15 is 0 Å². The Labute approximate surface area is 146 Å². The van der Waals surface area contributed by atoms with E-state index in [1.54, 1.807) is 13.3 Å². The maximum atomic E-state index is 11.4. The summed E-state index contributed by atoms with van der Waals surface area (Å²) in [6, 6.07) is 7.42. The summed E-state index contributed by atoms with van der Waals surface area (Å²) in [7, 11) is 1.61. The molecule has 1 aromatic heterocycles. The second-order valence-electron chi connectivity index (χ2n) is 6.57. The van der Waals surface area contributed by atoms with Crippen molar-refractivity contribution in [3.63, 3.8) is 0 Å². The molecule has 0 amide bonds. The maximum Gasteiger partial charge on any atom is 0.308 e. The van der Waals surface area contributed by atoms with Crippen LogP contribution in [0, 0.1) is 11.8 Å². The number of nitrogens with zero attached hydrogens (tertiary/aromatic N) is 1. The van der Waals surface area contributed by atoms with E-state index in [-0.39, 0.29) is 11.8 Å². The van der Waals surface area contributed by atoms with Crippen LogP contribution in [-0.2, 0) is 4.79 Å². The van der Waals surface area contributed by atoms with Crippen LogP contribution < -0.4 is 10.1 Å². The summed E-state index contributed by atoms with van der Waals surface area (Å²) in [6.45, 7) is 1.34. The van der Waals surface area contributed by atoms with Crippen molar-refractivity contribution >= 4 is 16.9 Å². The maximum absolute atomic E-state index is 11.4. The van der Waals surface area contributed by atoms with Gasteiger partial charge in [0.1, 0.15) is 5.75 Å². The normalized spacial score (nSPS) is 21.8. The number of piperidine rings is 1. The summed E-state index contributed by atoms with van der Waals surface area (Å²) in [5.41, 5.74) is 1.62. The van der Waals surface area contributed by atoms with Gasteiger partial charge in [-0.25, -0.2) is 0 Å². The molecule has 2 aromatic rings. The number of aromatic nitrogens is 1. The third kappa shape index (κ3) is 3.91. The van der Waals surface area contributed by atoms with Crippen LogP contribution >= 0.6 is 0 Å². The van der Waals surface area contributed by atoms with Gasteiger partial charge in [0.05, 0.1) is 24.6 Å². The van der Waals surface area contributed by atoms with Crippen LogP contribution in [0.25, 0.3) is 10.9 Å². The molecule has 3 rings (SSSR count). The molecule has 2 heterocycles. The van der Waals surface area contributed by atoms with Gasteiger partial charge in [0, 0.05) is 18.1 Å². The molecule has 1 fully saturated rings. The molecular weight excluding hydrogens is 320 g/mol. The summed E-state index contributed by atoms with van der Waals surface area (Å²) in [5, 5.41) is 24.1. The minimum absolute atomic E-state index is 0.0936. The molecular formula is C19H24N2O4. The molecule has 3 N–H and O–H groups in total. The van der Waals surface area contributed by atoms with E-state index in [2.05, 4.69) is 10.3 Å². The van der Waals surface area contributed by atoms with Crippen molar-refractivity contribution < 1.29 is 19.7 Å². The van der Waals surface area contributed by atoms with E-state index in [9.17, 15) is 15.0 Å². The van der Waals surface area contributed by atoms with Gasteiger partial charge in [0.25, 0.3) is 0 Å². The first-order valence-electron chi connectivity index (χ1n) is 8.64. The van der Waals surface area contributed by atoms with Gasteiger partial charge in [-0.2, -0.15) is 0 Å². The average molecular weight is 344 g/mol. The Morgan fingerprint density at radius 1 is 1.44 bits per heavy atom. The van der Waals surface area contributed by atoms with Crippen molar-refractivity contribution in [2.75, 3.05) is 20.2 Å². The highest BCUT2D eigenvalue weighted by Crippen LogP contribution is 2.32. The summed E-state index contributed by atoms with van der Waals surface area (Å²) in [6.07, 6.45) is 3.09. The summed E-state index contributed by atoms with van der Waals surface area (Å²) in [5.74, 6) is -0.324. The van der Waals surface area contributed by atoms with Crippen LogP contribution in [0.1, 0.15) is 30.9 Å². The van der Waals surface area contributed by atoms with Crippen LogP contribution in [0.4, 0.5) is 0 Å². The van der Waals surface area contributed by atoms with Crippen molar-refractivity contribution in [1.29, 1.82) is 0 Å². The molecule has 1 aromatic carbocycles. The van der Waals surface area contributed by atoms with Gasteiger partial charge in [-0.05, 0) is 61.6 Å². The Morgan fingerprint density at radius 3 is 3.04 bits per heavy atom. The molecule has 1 saturated heterocycles. The molecule has 6 heteroatoms. The summed E-state index contributed by atoms with van der Waals surface area (Å²) >= 11 is 0. The van der Waals surface area contributed by atoms with Crippen molar-refractivity contribution in [2.45, 2.75) is 25.4 Å². The number of methoxy groups -OCH3 is 1. The smallest absolute Gasteiger partial charge is 0.308 e. The van der Waals surface area contributed by atoms with Gasteiger partial charge >= 0.3 is 5.97 Å². The largest absolute Gasteiger partial charge is 0.497 e. The van der Waals surface area contributed by atoms with Gasteiger partial charge in [0.2, 0.25) is 0 Å². The highest BCUT2D eigenvalue weighted by Gasteiger charge is 2.31. The molecule has 0 bridgehead atoms. The van der Waals surface area contributed by atoms with Crippen LogP contribution in [0.3, 0.4) is 0 Å². The second kappa shape index (κ2) is 7.80. The van der Waals surface area contributed by atoms with Crippen LogP contribution in [0.2, 0.25) is 0 Å². The van der Waals surface area contributed by atoms with Crippen molar-refractivity contribution in [3.8, 4) is 5.75 Å². The number of aliphatic hydroxyl groups excluding tert-OH is 1. The number of fused-ring (bicyclic) bond motifs is 1. The zero-order chi connectivity index (χ0) is 17.8. The molecule has 0 unspecified atom stereocenters. The number of pyridine rings is 1. The molecule has 0 saturated carbocycles. The quantitative estimate of drug-likeness (QED) is 0.745. The molecule has 1 aliphatic rings. The number of carbonyl (C=O) groups is 1. The number of carboxylic acid groups (broad SMARTS) is 1. The zero-order valence-electron chi connectivity index (χ0n) is 14.3. The average Bonchev–Trinajstić information content (AvgIpc) is 2.65. The Bertz CT molecular complexity index is 749. The molecule has 1 aliphatic heterocycles. The van der Waals surface area contributed by atoms with Crippen LogP contribution in [-0.4, -0.2) is 41.4 Å². The molecule has 3 atom stereocenters. The van der Waals surface area contributed by atoms with Gasteiger partial charge in [-0.15, -0.1) is 0 Å². The molecule has 0 spiro atoms. The number of nitrogens with one attached hydrogen (secondary N) is 1. The number of benzene rings is 1. The van der Waals surface area contributed by atoms with E-state index in [1.165, 1.54) is 0 Å². The topological polar surface area (TPSA) is 91.7 Å². The molecule has 25 heavy (non-hydrogen) atoms. The van der Waals surface area contributed by atoms with Gasteiger partial charge < -0.3 is 20.3 Å². The summed E-state index contributed by atoms with van der Waals surface area (Å²) < 4.78 is 5.27. The number of carboxylic acids is 1. The lowest BCUT2D eigenvalue weighted by atomic mass is 9.82. The number of aliphatic hydroxyl groups is 1. The minimum atomic E-state index is -0.759. The van der Waals surface area contributed by atoms with Crippen LogP contribution in [0.15, 0.2) is 30.5 Å². The SMILES string of the molecule is COc1ccc2nccc([C@@H](O)CC[C@@H]3CCNC[C@@H]3C(=O)O)c2c1. The molecule has 0 aliphatic carbocycles. The van der Waals surface area contributed by atoms with Crippen molar-refractivity contribution in [1.82, 2.24) is 10.3 Å². The third-order valence-corrected chi connectivity index (χ3v) is 5.09. The van der Waals surface area contributed by atoms with Crippen molar-refractivity contribution in [2.24, 2.45) is 11.8 Å². The van der Waals surface area contributed by atoms with E-state index < -0.39 is 12.1 Å². The van der Waals surface area contributed by atoms with Crippen molar-refractivity contribution in [3.05, 3.63) is 36.0 Å². The monoisotopic (exact) mass is 344 g/mol. The first-order chi connectivity index (χ1) is 12.1. The summed E-state index contributed by atoms with van der Waals surface area (Å²) in [4.78, 5) is 15.7. The predicted octanol–water partition coefficient (Wildman–Crippen LogP) is 2.37. The van der Waals surface area contributed by atoms with Gasteiger partial charge in [-0.1, -0.05) is 0 Å². The van der Waals surface area contributed by atoms with E-state index in [1.807, 2.05) is 24.3 Å². The first-order valence-corrected chi connectivity index (χ1v) is 8.64. The van der Waals surface area contributed by atoms with Crippen LogP contribution in [0.5, 0.6) is 5.75 Å². The fourth-order valence-electron chi connectivity index (χ4n) is 3.64. The lowest BCUT2D eigenvalue weighted by molar-refractivity contribution is -0.144. The molecule has 134 valence electrons. The highest BCUT2D eigenvalue weighted by atomic mass is 16.5. The van der Waals surface area contributed by atoms with E-state index in [4.69, 9.17) is 4.74 Å². The first kappa shape index (κ1) is 17.6.